The molecule has 2 aromatic carbocycles. The smallest absolute Gasteiger partial charge is 0.141 e. The summed E-state index contributed by atoms with van der Waals surface area (Å²) in [4.78, 5) is 0. The number of rotatable bonds is 4. The molecule has 2 rings (SSSR count). The molecule has 0 saturated carbocycles. The number of benzene rings is 2. The van der Waals surface area contributed by atoms with Crippen LogP contribution in [0.5, 0.6) is 5.75 Å². The Morgan fingerprint density at radius 1 is 1.11 bits per heavy atom. The van der Waals surface area contributed by atoms with Crippen molar-refractivity contribution < 1.29 is 14.2 Å². The fourth-order valence-electron chi connectivity index (χ4n) is 1.53. The van der Waals surface area contributed by atoms with E-state index in [4.69, 9.17) is 21.4 Å². The Balaban J connectivity index is 2.04. The molecule has 0 saturated heterocycles. The lowest BCUT2D eigenvalue weighted by molar-refractivity contribution is 0.278. The van der Waals surface area contributed by atoms with Crippen molar-refractivity contribution in [3.8, 4) is 5.75 Å². The summed E-state index contributed by atoms with van der Waals surface area (Å²) in [6, 6.07) is 11.6. The summed E-state index contributed by atoms with van der Waals surface area (Å²) in [5, 5.41) is 9.08. The summed E-state index contributed by atoms with van der Waals surface area (Å²) >= 11 is 5.68. The van der Waals surface area contributed by atoms with Crippen molar-refractivity contribution in [2.75, 3.05) is 0 Å². The summed E-state index contributed by atoms with van der Waals surface area (Å²) in [5.74, 6) is 0.213. The second-order valence-electron chi connectivity index (χ2n) is 3.84. The lowest BCUT2D eigenvalue weighted by Crippen LogP contribution is -1.96. The monoisotopic (exact) mass is 266 g/mol. The van der Waals surface area contributed by atoms with Gasteiger partial charge in [-0.15, -0.1) is 0 Å². The van der Waals surface area contributed by atoms with Crippen LogP contribution in [0.1, 0.15) is 11.1 Å². The highest BCUT2D eigenvalue weighted by Gasteiger charge is 2.02. The van der Waals surface area contributed by atoms with Crippen LogP contribution in [0.3, 0.4) is 0 Å². The molecule has 0 fully saturated rings. The summed E-state index contributed by atoms with van der Waals surface area (Å²) in [5.41, 5.74) is 1.57. The molecule has 18 heavy (non-hydrogen) atoms. The summed E-state index contributed by atoms with van der Waals surface area (Å²) in [6.07, 6.45) is 0. The molecular weight excluding hydrogens is 255 g/mol. The highest BCUT2D eigenvalue weighted by atomic mass is 35.5. The molecule has 2 nitrogen and oxygen atoms in total. The van der Waals surface area contributed by atoms with E-state index in [0.29, 0.717) is 12.4 Å². The molecule has 0 amide bonds. The van der Waals surface area contributed by atoms with Crippen LogP contribution >= 0.6 is 11.6 Å². The third-order valence-electron chi connectivity index (χ3n) is 2.47. The molecule has 0 aromatic heterocycles. The van der Waals surface area contributed by atoms with Gasteiger partial charge < -0.3 is 9.84 Å². The SMILES string of the molecule is OCc1cccc(OCc2ccc(F)c(Cl)c2)c1. The van der Waals surface area contributed by atoms with E-state index in [2.05, 4.69) is 0 Å². The van der Waals surface area contributed by atoms with E-state index in [1.165, 1.54) is 12.1 Å². The van der Waals surface area contributed by atoms with Gasteiger partial charge in [0.1, 0.15) is 18.2 Å². The van der Waals surface area contributed by atoms with Crippen LogP contribution < -0.4 is 4.74 Å². The van der Waals surface area contributed by atoms with Crippen molar-refractivity contribution in [3.05, 3.63) is 64.4 Å². The van der Waals surface area contributed by atoms with E-state index in [1.54, 1.807) is 24.3 Å². The molecule has 0 aliphatic heterocycles. The average molecular weight is 267 g/mol. The van der Waals surface area contributed by atoms with Gasteiger partial charge in [-0.25, -0.2) is 4.39 Å². The van der Waals surface area contributed by atoms with Crippen LogP contribution in [0, 0.1) is 5.82 Å². The number of aliphatic hydroxyl groups excluding tert-OH is 1. The topological polar surface area (TPSA) is 29.5 Å². The highest BCUT2D eigenvalue weighted by molar-refractivity contribution is 6.30. The molecule has 0 aliphatic rings. The zero-order chi connectivity index (χ0) is 13.0. The van der Waals surface area contributed by atoms with Crippen molar-refractivity contribution in [1.29, 1.82) is 0 Å². The second-order valence-corrected chi connectivity index (χ2v) is 4.25. The summed E-state index contributed by atoms with van der Waals surface area (Å²) < 4.78 is 18.5. The predicted octanol–water partition coefficient (Wildman–Crippen LogP) is 3.55. The van der Waals surface area contributed by atoms with Gasteiger partial charge in [0.2, 0.25) is 0 Å². The summed E-state index contributed by atoms with van der Waals surface area (Å²) in [7, 11) is 0. The maximum atomic E-state index is 13.0. The van der Waals surface area contributed by atoms with Crippen molar-refractivity contribution in [2.24, 2.45) is 0 Å². The van der Waals surface area contributed by atoms with Gasteiger partial charge in [-0.05, 0) is 35.4 Å². The first-order valence-corrected chi connectivity index (χ1v) is 5.83. The van der Waals surface area contributed by atoms with Gasteiger partial charge in [0.05, 0.1) is 11.6 Å². The zero-order valence-electron chi connectivity index (χ0n) is 9.57. The molecule has 0 radical (unpaired) electrons. The van der Waals surface area contributed by atoms with Gasteiger partial charge in [-0.1, -0.05) is 29.8 Å². The minimum Gasteiger partial charge on any atom is -0.489 e. The highest BCUT2D eigenvalue weighted by Crippen LogP contribution is 2.19. The second kappa shape index (κ2) is 5.85. The lowest BCUT2D eigenvalue weighted by atomic mass is 10.2. The molecule has 0 aliphatic carbocycles. The van der Waals surface area contributed by atoms with Crippen LogP contribution in [0.15, 0.2) is 42.5 Å². The Labute approximate surface area is 110 Å². The van der Waals surface area contributed by atoms with Crippen molar-refractivity contribution >= 4 is 11.6 Å². The lowest BCUT2D eigenvalue weighted by Gasteiger charge is -2.08. The Bertz CT molecular complexity index is 543. The maximum absolute atomic E-state index is 13.0. The van der Waals surface area contributed by atoms with Gasteiger partial charge in [-0.3, -0.25) is 0 Å². The van der Waals surface area contributed by atoms with Crippen molar-refractivity contribution in [1.82, 2.24) is 0 Å². The first kappa shape index (κ1) is 12.9. The van der Waals surface area contributed by atoms with Crippen molar-refractivity contribution in [3.63, 3.8) is 0 Å². The van der Waals surface area contributed by atoms with Crippen LogP contribution in [-0.2, 0) is 13.2 Å². The Kier molecular flexibility index (Phi) is 4.18. The largest absolute Gasteiger partial charge is 0.489 e. The number of hydrogen-bond acceptors (Lipinski definition) is 2. The van der Waals surface area contributed by atoms with Crippen LogP contribution in [0.4, 0.5) is 4.39 Å². The fraction of sp³-hybridized carbons (Fsp3) is 0.143. The van der Waals surface area contributed by atoms with E-state index in [9.17, 15) is 4.39 Å². The molecular formula is C14H12ClFO2. The molecule has 94 valence electrons. The average Bonchev–Trinajstić information content (AvgIpc) is 2.40. The van der Waals surface area contributed by atoms with E-state index >= 15 is 0 Å². The zero-order valence-corrected chi connectivity index (χ0v) is 10.3. The third kappa shape index (κ3) is 3.22. The van der Waals surface area contributed by atoms with Gasteiger partial charge in [-0.2, -0.15) is 0 Å². The third-order valence-corrected chi connectivity index (χ3v) is 2.76. The van der Waals surface area contributed by atoms with E-state index in [-0.39, 0.29) is 11.6 Å². The minimum atomic E-state index is -0.442. The van der Waals surface area contributed by atoms with Gasteiger partial charge in [0.25, 0.3) is 0 Å². The molecule has 0 heterocycles. The normalized spacial score (nSPS) is 10.4. The standard InChI is InChI=1S/C14H12ClFO2/c15-13-7-11(4-5-14(13)16)9-18-12-3-1-2-10(6-12)8-17/h1-7,17H,8-9H2. The van der Waals surface area contributed by atoms with E-state index in [0.717, 1.165) is 11.1 Å². The Morgan fingerprint density at radius 3 is 2.67 bits per heavy atom. The number of ether oxygens (including phenoxy) is 1. The Hall–Kier alpha value is -1.58. The fourth-order valence-corrected chi connectivity index (χ4v) is 1.73. The van der Waals surface area contributed by atoms with Crippen LogP contribution in [0.25, 0.3) is 0 Å². The van der Waals surface area contributed by atoms with E-state index < -0.39 is 5.82 Å². The number of halogens is 2. The maximum Gasteiger partial charge on any atom is 0.141 e. The van der Waals surface area contributed by atoms with Crippen LogP contribution in [0.2, 0.25) is 5.02 Å². The molecule has 0 bridgehead atoms. The molecule has 1 N–H and O–H groups in total. The van der Waals surface area contributed by atoms with Gasteiger partial charge in [0.15, 0.2) is 0 Å². The molecule has 0 atom stereocenters. The molecule has 4 heteroatoms. The van der Waals surface area contributed by atoms with Gasteiger partial charge >= 0.3 is 0 Å². The minimum absolute atomic E-state index is 0.0282. The van der Waals surface area contributed by atoms with Crippen molar-refractivity contribution in [2.45, 2.75) is 13.2 Å². The summed E-state index contributed by atoms with van der Waals surface area (Å²) in [6.45, 7) is 0.272. The Morgan fingerprint density at radius 2 is 1.94 bits per heavy atom. The molecule has 0 unspecified atom stereocenters. The first-order chi connectivity index (χ1) is 8.69. The number of hydrogen-bond donors (Lipinski definition) is 1. The van der Waals surface area contributed by atoms with E-state index in [1.807, 2.05) is 6.07 Å². The quantitative estimate of drug-likeness (QED) is 0.917. The first-order valence-electron chi connectivity index (χ1n) is 5.45. The van der Waals surface area contributed by atoms with Crippen LogP contribution in [-0.4, -0.2) is 5.11 Å². The number of aliphatic hydroxyl groups is 1. The predicted molar refractivity (Wildman–Crippen MR) is 68.1 cm³/mol. The van der Waals surface area contributed by atoms with Gasteiger partial charge in [0, 0.05) is 0 Å². The molecule has 2 aromatic rings. The molecule has 0 spiro atoms.